The third kappa shape index (κ3) is 4.54. The summed E-state index contributed by atoms with van der Waals surface area (Å²) in [5.74, 6) is 0.0685. The molecule has 4 unspecified atom stereocenters. The summed E-state index contributed by atoms with van der Waals surface area (Å²) < 4.78 is 1.75. The number of carbonyl (C=O) groups is 1. The van der Waals surface area contributed by atoms with Gasteiger partial charge in [-0.25, -0.2) is 0 Å². The molecule has 0 aromatic carbocycles. The van der Waals surface area contributed by atoms with E-state index in [0.717, 1.165) is 24.8 Å². The molecule has 1 aromatic rings. The normalized spacial score (nSPS) is 24.6. The number of aliphatic hydroxyl groups excluding tert-OH is 1. The van der Waals surface area contributed by atoms with Crippen LogP contribution in [0.4, 0.5) is 0 Å². The Hall–Kier alpha value is -1.40. The second kappa shape index (κ2) is 7.93. The molecule has 0 saturated carbocycles. The molecule has 1 aliphatic heterocycles. The summed E-state index contributed by atoms with van der Waals surface area (Å²) in [6.45, 7) is 6.90. The van der Waals surface area contributed by atoms with Crippen LogP contribution < -0.4 is 5.32 Å². The number of hydrogen-bond acceptors (Lipinski definition) is 4. The smallest absolute Gasteiger partial charge is 0.237 e. The lowest BCUT2D eigenvalue weighted by atomic mass is 10.0. The summed E-state index contributed by atoms with van der Waals surface area (Å²) in [5, 5.41) is 16.7. The van der Waals surface area contributed by atoms with E-state index in [1.54, 1.807) is 10.9 Å². The van der Waals surface area contributed by atoms with E-state index < -0.39 is 0 Å². The number of amides is 1. The van der Waals surface area contributed by atoms with Gasteiger partial charge in [0.15, 0.2) is 0 Å². The zero-order valence-corrected chi connectivity index (χ0v) is 14.7. The van der Waals surface area contributed by atoms with E-state index in [1.165, 1.54) is 0 Å². The Morgan fingerprint density at radius 2 is 2.09 bits per heavy atom. The van der Waals surface area contributed by atoms with Crippen LogP contribution in [0.25, 0.3) is 0 Å². The Balaban J connectivity index is 1.84. The van der Waals surface area contributed by atoms with Crippen molar-refractivity contribution in [3.8, 4) is 0 Å². The van der Waals surface area contributed by atoms with Crippen molar-refractivity contribution in [1.29, 1.82) is 0 Å². The molecule has 0 bridgehead atoms. The first-order valence-corrected chi connectivity index (χ1v) is 8.55. The Bertz CT molecular complexity index is 506. The summed E-state index contributed by atoms with van der Waals surface area (Å²) in [6, 6.07) is 0.782. The first-order valence-electron chi connectivity index (χ1n) is 8.55. The molecule has 1 amide bonds. The van der Waals surface area contributed by atoms with Gasteiger partial charge >= 0.3 is 0 Å². The minimum absolute atomic E-state index is 0.0174. The topological polar surface area (TPSA) is 70.4 Å². The van der Waals surface area contributed by atoms with Crippen LogP contribution in [-0.4, -0.2) is 57.0 Å². The fourth-order valence-corrected chi connectivity index (χ4v) is 3.62. The minimum Gasteiger partial charge on any atom is -0.396 e. The fourth-order valence-electron chi connectivity index (χ4n) is 3.62. The van der Waals surface area contributed by atoms with Gasteiger partial charge in [0.2, 0.25) is 5.91 Å². The lowest BCUT2D eigenvalue weighted by molar-refractivity contribution is -0.127. The number of carbonyl (C=O) groups excluding carboxylic acids is 1. The van der Waals surface area contributed by atoms with Gasteiger partial charge in [-0.3, -0.25) is 14.4 Å². The number of aliphatic hydroxyl groups is 1. The van der Waals surface area contributed by atoms with Crippen molar-refractivity contribution in [3.05, 3.63) is 18.0 Å². The van der Waals surface area contributed by atoms with Gasteiger partial charge in [0.25, 0.3) is 0 Å². The standard InChI is InChI=1S/C17H30N4O2/c1-12-5-6-13(2)21(12)14(3)17(23)18-8-16(11-22)7-15-9-19-20(4)10-15/h9-10,12-14,16,22H,5-8,11H2,1-4H3,(H,18,23). The van der Waals surface area contributed by atoms with Gasteiger partial charge in [-0.15, -0.1) is 0 Å². The van der Waals surface area contributed by atoms with Crippen LogP contribution in [0.15, 0.2) is 12.4 Å². The molecule has 0 spiro atoms. The molecular weight excluding hydrogens is 292 g/mol. The van der Waals surface area contributed by atoms with E-state index in [1.807, 2.05) is 20.2 Å². The molecule has 1 aromatic heterocycles. The molecule has 0 aliphatic carbocycles. The number of likely N-dealkylation sites (tertiary alicyclic amines) is 1. The van der Waals surface area contributed by atoms with E-state index in [-0.39, 0.29) is 24.5 Å². The van der Waals surface area contributed by atoms with Crippen LogP contribution >= 0.6 is 0 Å². The first-order chi connectivity index (χ1) is 10.9. The van der Waals surface area contributed by atoms with Crippen LogP contribution in [0.1, 0.15) is 39.2 Å². The quantitative estimate of drug-likeness (QED) is 0.784. The molecule has 2 N–H and O–H groups in total. The monoisotopic (exact) mass is 322 g/mol. The van der Waals surface area contributed by atoms with Crippen molar-refractivity contribution in [1.82, 2.24) is 20.0 Å². The number of aryl methyl sites for hydroxylation is 1. The third-order valence-electron chi connectivity index (χ3n) is 4.95. The van der Waals surface area contributed by atoms with Gasteiger partial charge in [0, 0.05) is 44.4 Å². The molecule has 23 heavy (non-hydrogen) atoms. The van der Waals surface area contributed by atoms with E-state index in [2.05, 4.69) is 29.2 Å². The highest BCUT2D eigenvalue weighted by molar-refractivity contribution is 5.81. The molecule has 6 heteroatoms. The van der Waals surface area contributed by atoms with Gasteiger partial charge in [0.05, 0.1) is 12.2 Å². The van der Waals surface area contributed by atoms with Crippen molar-refractivity contribution in [2.45, 2.75) is 58.2 Å². The summed E-state index contributed by atoms with van der Waals surface area (Å²) in [7, 11) is 1.87. The van der Waals surface area contributed by atoms with Gasteiger partial charge in [0.1, 0.15) is 0 Å². The maximum Gasteiger partial charge on any atom is 0.237 e. The molecule has 1 aliphatic rings. The molecule has 4 atom stereocenters. The van der Waals surface area contributed by atoms with Crippen LogP contribution in [0.3, 0.4) is 0 Å². The molecule has 1 fully saturated rings. The summed E-state index contributed by atoms with van der Waals surface area (Å²) in [4.78, 5) is 14.7. The summed E-state index contributed by atoms with van der Waals surface area (Å²) in [6.07, 6.45) is 6.77. The Morgan fingerprint density at radius 3 is 2.61 bits per heavy atom. The van der Waals surface area contributed by atoms with Crippen LogP contribution in [0.5, 0.6) is 0 Å². The van der Waals surface area contributed by atoms with Crippen molar-refractivity contribution in [3.63, 3.8) is 0 Å². The van der Waals surface area contributed by atoms with Gasteiger partial charge in [-0.2, -0.15) is 5.10 Å². The van der Waals surface area contributed by atoms with Gasteiger partial charge in [-0.05, 0) is 45.6 Å². The molecule has 0 radical (unpaired) electrons. The SMILES string of the molecule is CC1CCC(C)N1C(C)C(=O)NCC(CO)Cc1cnn(C)c1. The number of hydrogen-bond donors (Lipinski definition) is 2. The minimum atomic E-state index is -0.125. The number of nitrogens with one attached hydrogen (secondary N) is 1. The zero-order chi connectivity index (χ0) is 17.0. The van der Waals surface area contributed by atoms with Crippen LogP contribution in [-0.2, 0) is 18.3 Å². The van der Waals surface area contributed by atoms with E-state index in [0.29, 0.717) is 18.6 Å². The molecule has 1 saturated heterocycles. The maximum absolute atomic E-state index is 12.4. The number of rotatable bonds is 7. The van der Waals surface area contributed by atoms with Gasteiger partial charge in [-0.1, -0.05) is 0 Å². The van der Waals surface area contributed by atoms with Crippen molar-refractivity contribution in [2.24, 2.45) is 13.0 Å². The van der Waals surface area contributed by atoms with Gasteiger partial charge < -0.3 is 10.4 Å². The summed E-state index contributed by atoms with van der Waals surface area (Å²) in [5.41, 5.74) is 1.08. The molecular formula is C17H30N4O2. The zero-order valence-electron chi connectivity index (χ0n) is 14.7. The van der Waals surface area contributed by atoms with E-state index in [9.17, 15) is 9.90 Å². The van der Waals surface area contributed by atoms with E-state index in [4.69, 9.17) is 0 Å². The predicted molar refractivity (Wildman–Crippen MR) is 90.0 cm³/mol. The second-order valence-corrected chi connectivity index (χ2v) is 6.92. The summed E-state index contributed by atoms with van der Waals surface area (Å²) >= 11 is 0. The average molecular weight is 322 g/mol. The highest BCUT2D eigenvalue weighted by atomic mass is 16.3. The molecule has 2 rings (SSSR count). The largest absolute Gasteiger partial charge is 0.396 e. The highest BCUT2D eigenvalue weighted by Crippen LogP contribution is 2.25. The third-order valence-corrected chi connectivity index (χ3v) is 4.95. The lowest BCUT2D eigenvalue weighted by Crippen LogP contribution is -2.50. The van der Waals surface area contributed by atoms with Crippen molar-refractivity contribution >= 4 is 5.91 Å². The second-order valence-electron chi connectivity index (χ2n) is 6.92. The highest BCUT2D eigenvalue weighted by Gasteiger charge is 2.34. The Labute approximate surface area is 138 Å². The van der Waals surface area contributed by atoms with Crippen LogP contribution in [0.2, 0.25) is 0 Å². The van der Waals surface area contributed by atoms with Crippen molar-refractivity contribution < 1.29 is 9.90 Å². The predicted octanol–water partition coefficient (Wildman–Crippen LogP) is 0.949. The van der Waals surface area contributed by atoms with E-state index >= 15 is 0 Å². The molecule has 6 nitrogen and oxygen atoms in total. The first kappa shape index (κ1) is 17.9. The number of nitrogens with zero attached hydrogens (tertiary/aromatic N) is 3. The van der Waals surface area contributed by atoms with Crippen molar-refractivity contribution in [2.75, 3.05) is 13.2 Å². The van der Waals surface area contributed by atoms with Crippen LogP contribution in [0, 0.1) is 5.92 Å². The Kier molecular flexibility index (Phi) is 6.18. The molecule has 130 valence electrons. The molecule has 2 heterocycles. The Morgan fingerprint density at radius 1 is 1.43 bits per heavy atom. The average Bonchev–Trinajstić information content (AvgIpc) is 3.08. The lowest BCUT2D eigenvalue weighted by Gasteiger charge is -2.31. The fraction of sp³-hybridized carbons (Fsp3) is 0.765. The maximum atomic E-state index is 12.4. The number of aromatic nitrogens is 2.